The monoisotopic (exact) mass is 206 g/mol. The summed E-state index contributed by atoms with van der Waals surface area (Å²) in [6.45, 7) is 1.74. The third-order valence-corrected chi connectivity index (χ3v) is 2.85. The van der Waals surface area contributed by atoms with Crippen molar-refractivity contribution in [3.8, 4) is 0 Å². The quantitative estimate of drug-likeness (QED) is 0.745. The molecule has 0 bridgehead atoms. The minimum absolute atomic E-state index is 0.205. The first-order valence-corrected chi connectivity index (χ1v) is 5.03. The van der Waals surface area contributed by atoms with Crippen molar-refractivity contribution in [1.29, 1.82) is 0 Å². The Hall–Kier alpha value is -1.65. The summed E-state index contributed by atoms with van der Waals surface area (Å²) in [5.74, 6) is 0.802. The van der Waals surface area contributed by atoms with Crippen molar-refractivity contribution in [3.05, 3.63) is 17.1 Å². The highest BCUT2D eigenvalue weighted by Crippen LogP contribution is 2.35. The lowest BCUT2D eigenvalue weighted by atomic mass is 9.84. The highest BCUT2D eigenvalue weighted by molar-refractivity contribution is 5.98. The number of carbonyl (C=O) groups is 1. The van der Waals surface area contributed by atoms with Gasteiger partial charge in [0.2, 0.25) is 0 Å². The summed E-state index contributed by atoms with van der Waals surface area (Å²) in [6, 6.07) is 0. The van der Waals surface area contributed by atoms with Crippen LogP contribution in [0.4, 0.5) is 5.82 Å². The van der Waals surface area contributed by atoms with Crippen molar-refractivity contribution >= 4 is 11.7 Å². The molecule has 0 unspecified atom stereocenters. The Bertz CT molecular complexity index is 389. The second-order valence-corrected chi connectivity index (χ2v) is 3.92. The van der Waals surface area contributed by atoms with E-state index < -0.39 is 5.91 Å². The molecule has 1 amide bonds. The van der Waals surface area contributed by atoms with E-state index in [1.54, 1.807) is 6.92 Å². The number of rotatable bonds is 2. The molecule has 1 aliphatic carbocycles. The number of hydrogen-bond donors (Lipinski definition) is 2. The Labute approximate surface area is 87.9 Å². The summed E-state index contributed by atoms with van der Waals surface area (Å²) in [6.07, 6.45) is 3.42. The fourth-order valence-electron chi connectivity index (χ4n) is 1.77. The zero-order chi connectivity index (χ0) is 11.0. The fourth-order valence-corrected chi connectivity index (χ4v) is 1.77. The number of amides is 1. The van der Waals surface area contributed by atoms with Gasteiger partial charge in [-0.25, -0.2) is 9.97 Å². The summed E-state index contributed by atoms with van der Waals surface area (Å²) in [4.78, 5) is 19.5. The second-order valence-electron chi connectivity index (χ2n) is 3.92. The first-order valence-electron chi connectivity index (χ1n) is 5.03. The predicted molar refractivity (Wildman–Crippen MR) is 56.3 cm³/mol. The van der Waals surface area contributed by atoms with Crippen LogP contribution >= 0.6 is 0 Å². The zero-order valence-electron chi connectivity index (χ0n) is 8.66. The maximum Gasteiger partial charge on any atom is 0.254 e. The van der Waals surface area contributed by atoms with Crippen LogP contribution in [0.5, 0.6) is 0 Å². The van der Waals surface area contributed by atoms with Crippen LogP contribution in [0.15, 0.2) is 0 Å². The van der Waals surface area contributed by atoms with Gasteiger partial charge in [-0.3, -0.25) is 4.79 Å². The molecule has 0 spiro atoms. The van der Waals surface area contributed by atoms with Gasteiger partial charge in [-0.1, -0.05) is 6.42 Å². The van der Waals surface area contributed by atoms with E-state index in [0.29, 0.717) is 11.6 Å². The summed E-state index contributed by atoms with van der Waals surface area (Å²) < 4.78 is 0. The van der Waals surface area contributed by atoms with Gasteiger partial charge >= 0.3 is 0 Å². The van der Waals surface area contributed by atoms with Crippen molar-refractivity contribution in [2.75, 3.05) is 5.73 Å². The van der Waals surface area contributed by atoms with Gasteiger partial charge in [0.15, 0.2) is 0 Å². The molecule has 1 aromatic heterocycles. The third-order valence-electron chi connectivity index (χ3n) is 2.85. The molecule has 2 rings (SSSR count). The highest BCUT2D eigenvalue weighted by atomic mass is 16.1. The van der Waals surface area contributed by atoms with E-state index >= 15 is 0 Å². The Morgan fingerprint density at radius 1 is 1.40 bits per heavy atom. The van der Waals surface area contributed by atoms with Crippen molar-refractivity contribution in [1.82, 2.24) is 9.97 Å². The first kappa shape index (κ1) is 9.89. The molecular formula is C10H14N4O. The van der Waals surface area contributed by atoms with E-state index in [0.717, 1.165) is 18.7 Å². The largest absolute Gasteiger partial charge is 0.383 e. The van der Waals surface area contributed by atoms with Crippen LogP contribution in [0.25, 0.3) is 0 Å². The minimum Gasteiger partial charge on any atom is -0.383 e. The van der Waals surface area contributed by atoms with Gasteiger partial charge in [-0.2, -0.15) is 0 Å². The normalized spacial score (nSPS) is 16.1. The van der Waals surface area contributed by atoms with Crippen LogP contribution in [-0.4, -0.2) is 15.9 Å². The lowest BCUT2D eigenvalue weighted by molar-refractivity contribution is 0.1000. The maximum absolute atomic E-state index is 11.1. The van der Waals surface area contributed by atoms with Gasteiger partial charge in [0.05, 0.1) is 5.69 Å². The highest BCUT2D eigenvalue weighted by Gasteiger charge is 2.24. The zero-order valence-corrected chi connectivity index (χ0v) is 8.66. The molecule has 1 aromatic rings. The van der Waals surface area contributed by atoms with Crippen molar-refractivity contribution in [2.24, 2.45) is 5.73 Å². The number of carbonyl (C=O) groups excluding carboxylic acids is 1. The predicted octanol–water partition coefficient (Wildman–Crippen LogP) is 0.734. The maximum atomic E-state index is 11.1. The molecule has 5 nitrogen and oxygen atoms in total. The van der Waals surface area contributed by atoms with Crippen molar-refractivity contribution in [2.45, 2.75) is 32.1 Å². The fraction of sp³-hybridized carbons (Fsp3) is 0.500. The number of primary amides is 1. The number of nitrogen functional groups attached to an aromatic ring is 1. The molecule has 15 heavy (non-hydrogen) atoms. The number of anilines is 1. The van der Waals surface area contributed by atoms with Gasteiger partial charge in [-0.15, -0.1) is 0 Å². The van der Waals surface area contributed by atoms with E-state index in [9.17, 15) is 4.79 Å². The molecule has 1 fully saturated rings. The lowest BCUT2D eigenvalue weighted by Crippen LogP contribution is -2.21. The molecule has 0 saturated heterocycles. The molecule has 1 aliphatic rings. The summed E-state index contributed by atoms with van der Waals surface area (Å²) in [7, 11) is 0. The molecule has 0 radical (unpaired) electrons. The number of hydrogen-bond acceptors (Lipinski definition) is 4. The van der Waals surface area contributed by atoms with Crippen LogP contribution in [0.2, 0.25) is 0 Å². The Balaban J connectivity index is 2.42. The molecule has 5 heteroatoms. The van der Waals surface area contributed by atoms with E-state index in [4.69, 9.17) is 11.5 Å². The minimum atomic E-state index is -0.565. The van der Waals surface area contributed by atoms with Crippen LogP contribution in [-0.2, 0) is 0 Å². The summed E-state index contributed by atoms with van der Waals surface area (Å²) >= 11 is 0. The van der Waals surface area contributed by atoms with Crippen molar-refractivity contribution < 1.29 is 4.79 Å². The Morgan fingerprint density at radius 2 is 2.07 bits per heavy atom. The van der Waals surface area contributed by atoms with E-state index in [-0.39, 0.29) is 11.4 Å². The second kappa shape index (κ2) is 3.49. The number of nitrogens with two attached hydrogens (primary N) is 2. The molecule has 80 valence electrons. The van der Waals surface area contributed by atoms with Gasteiger partial charge < -0.3 is 11.5 Å². The molecule has 1 saturated carbocycles. The standard InChI is InChI=1S/C10H14N4O/c1-5-7(9(12)15)8(11)14-10(13-5)6-3-2-4-6/h6H,2-4H2,1H3,(H2,12,15)(H2,11,13,14). The van der Waals surface area contributed by atoms with Gasteiger partial charge in [0.1, 0.15) is 17.2 Å². The summed E-state index contributed by atoms with van der Waals surface area (Å²) in [5.41, 5.74) is 11.7. The smallest absolute Gasteiger partial charge is 0.254 e. The molecule has 4 N–H and O–H groups in total. The lowest BCUT2D eigenvalue weighted by Gasteiger charge is -2.24. The molecule has 0 aliphatic heterocycles. The number of aromatic nitrogens is 2. The molecular weight excluding hydrogens is 192 g/mol. The van der Waals surface area contributed by atoms with E-state index in [1.807, 2.05) is 0 Å². The Kier molecular flexibility index (Phi) is 2.30. The molecule has 0 aromatic carbocycles. The average molecular weight is 206 g/mol. The number of aryl methyl sites for hydroxylation is 1. The third kappa shape index (κ3) is 1.65. The van der Waals surface area contributed by atoms with Crippen molar-refractivity contribution in [3.63, 3.8) is 0 Å². The van der Waals surface area contributed by atoms with Crippen LogP contribution < -0.4 is 11.5 Å². The van der Waals surface area contributed by atoms with Gasteiger partial charge in [-0.05, 0) is 19.8 Å². The van der Waals surface area contributed by atoms with E-state index in [2.05, 4.69) is 9.97 Å². The van der Waals surface area contributed by atoms with Gasteiger partial charge in [0, 0.05) is 5.92 Å². The topological polar surface area (TPSA) is 94.9 Å². The van der Waals surface area contributed by atoms with Crippen LogP contribution in [0, 0.1) is 6.92 Å². The first-order chi connectivity index (χ1) is 7.09. The average Bonchev–Trinajstić information content (AvgIpc) is 1.97. The summed E-state index contributed by atoms with van der Waals surface area (Å²) in [5, 5.41) is 0. The molecule has 0 atom stereocenters. The Morgan fingerprint density at radius 3 is 2.47 bits per heavy atom. The van der Waals surface area contributed by atoms with Gasteiger partial charge in [0.25, 0.3) is 5.91 Å². The SMILES string of the molecule is Cc1nc(C2CCC2)nc(N)c1C(N)=O. The number of nitrogens with zero attached hydrogens (tertiary/aromatic N) is 2. The van der Waals surface area contributed by atoms with E-state index in [1.165, 1.54) is 6.42 Å². The molecule has 1 heterocycles. The van der Waals surface area contributed by atoms with Crippen LogP contribution in [0.3, 0.4) is 0 Å². The van der Waals surface area contributed by atoms with Crippen LogP contribution in [0.1, 0.15) is 47.1 Å².